The minimum absolute atomic E-state index is 0.454. The highest BCUT2D eigenvalue weighted by molar-refractivity contribution is 6.13. The Balaban J connectivity index is 1.60. The molecule has 2 aliphatic rings. The fourth-order valence-corrected chi connectivity index (χ4v) is 4.59. The number of nitrogens with one attached hydrogen (secondary N) is 1. The summed E-state index contributed by atoms with van der Waals surface area (Å²) >= 11 is 0. The predicted octanol–water partition coefficient (Wildman–Crippen LogP) is 4.54. The van der Waals surface area contributed by atoms with Gasteiger partial charge in [-0.2, -0.15) is 5.26 Å². The molecule has 1 saturated carbocycles. The summed E-state index contributed by atoms with van der Waals surface area (Å²) in [6.07, 6.45) is 15.9. The van der Waals surface area contributed by atoms with Crippen LogP contribution >= 0.6 is 0 Å². The molecule has 0 aromatic carbocycles. The lowest BCUT2D eigenvalue weighted by molar-refractivity contribution is 0.289. The first-order valence-electron chi connectivity index (χ1n) is 9.72. The molecule has 1 aliphatic heterocycles. The van der Waals surface area contributed by atoms with E-state index in [0.29, 0.717) is 18.3 Å². The van der Waals surface area contributed by atoms with Crippen LogP contribution in [0.1, 0.15) is 50.6 Å². The van der Waals surface area contributed by atoms with Gasteiger partial charge in [-0.05, 0) is 36.7 Å². The van der Waals surface area contributed by atoms with E-state index in [9.17, 15) is 5.26 Å². The van der Waals surface area contributed by atoms with Crippen LogP contribution in [0.5, 0.6) is 0 Å². The van der Waals surface area contributed by atoms with Crippen LogP contribution in [-0.4, -0.2) is 27.7 Å². The fraction of sp³-hybridized carbons (Fsp3) is 0.524. The summed E-state index contributed by atoms with van der Waals surface area (Å²) in [6, 6.07) is 4.46. The van der Waals surface area contributed by atoms with Crippen molar-refractivity contribution >= 4 is 22.8 Å². The largest absolute Gasteiger partial charge is 0.346 e. The van der Waals surface area contributed by atoms with E-state index < -0.39 is 0 Å². The highest BCUT2D eigenvalue weighted by Crippen LogP contribution is 2.38. The molecule has 2 aromatic heterocycles. The number of aromatic amines is 1. The van der Waals surface area contributed by atoms with Crippen LogP contribution in [0.3, 0.4) is 0 Å². The number of rotatable bonds is 5. The van der Waals surface area contributed by atoms with Gasteiger partial charge in [0.1, 0.15) is 12.0 Å². The van der Waals surface area contributed by atoms with Crippen molar-refractivity contribution in [3.05, 3.63) is 30.4 Å². The van der Waals surface area contributed by atoms with E-state index in [1.165, 1.54) is 25.7 Å². The Morgan fingerprint density at radius 2 is 2.12 bits per heavy atom. The second-order valence-electron chi connectivity index (χ2n) is 7.57. The maximum absolute atomic E-state index is 9.30. The number of aromatic nitrogens is 3. The van der Waals surface area contributed by atoms with Crippen LogP contribution in [0, 0.1) is 29.1 Å². The van der Waals surface area contributed by atoms with E-state index in [0.717, 1.165) is 47.6 Å². The van der Waals surface area contributed by atoms with Crippen molar-refractivity contribution in [1.82, 2.24) is 15.0 Å². The second-order valence-corrected chi connectivity index (χ2v) is 7.57. The summed E-state index contributed by atoms with van der Waals surface area (Å²) in [6.45, 7) is 0.843. The molecule has 26 heavy (non-hydrogen) atoms. The number of hydrogen-bond acceptors (Lipinski definition) is 4. The number of nitriles is 1. The molecular formula is C21H25N5. The van der Waals surface area contributed by atoms with E-state index >= 15 is 0 Å². The predicted molar refractivity (Wildman–Crippen MR) is 104 cm³/mol. The van der Waals surface area contributed by atoms with Gasteiger partial charge in [-0.15, -0.1) is 0 Å². The molecule has 134 valence electrons. The van der Waals surface area contributed by atoms with Gasteiger partial charge < -0.3 is 4.98 Å². The molecule has 0 spiro atoms. The van der Waals surface area contributed by atoms with Crippen LogP contribution in [0.15, 0.2) is 29.7 Å². The molecule has 5 heteroatoms. The zero-order valence-corrected chi connectivity index (χ0v) is 15.1. The van der Waals surface area contributed by atoms with E-state index in [4.69, 9.17) is 0 Å². The number of nitrogens with zero attached hydrogens (tertiary/aromatic N) is 4. The van der Waals surface area contributed by atoms with Crippen LogP contribution in [0.2, 0.25) is 0 Å². The number of hydrogen-bond donors (Lipinski definition) is 1. The molecule has 5 nitrogen and oxygen atoms in total. The maximum atomic E-state index is 9.30. The number of aliphatic imine (C=N–C) groups is 1. The van der Waals surface area contributed by atoms with Gasteiger partial charge in [0, 0.05) is 36.3 Å². The molecule has 3 heterocycles. The maximum Gasteiger partial charge on any atom is 0.141 e. The Kier molecular flexibility index (Phi) is 5.10. The monoisotopic (exact) mass is 347 g/mol. The summed E-state index contributed by atoms with van der Waals surface area (Å²) in [7, 11) is 0. The fourth-order valence-electron chi connectivity index (χ4n) is 4.59. The van der Waals surface area contributed by atoms with Crippen molar-refractivity contribution < 1.29 is 0 Å². The molecule has 0 bridgehead atoms. The van der Waals surface area contributed by atoms with Crippen LogP contribution in [0.25, 0.3) is 16.6 Å². The number of allylic oxidation sites excluding steroid dienone is 2. The third-order valence-corrected chi connectivity index (χ3v) is 5.93. The van der Waals surface area contributed by atoms with Crippen molar-refractivity contribution in [3.63, 3.8) is 0 Å². The van der Waals surface area contributed by atoms with Gasteiger partial charge in [-0.1, -0.05) is 31.8 Å². The third kappa shape index (κ3) is 3.55. The topological polar surface area (TPSA) is 77.7 Å². The molecule has 1 fully saturated rings. The minimum Gasteiger partial charge on any atom is -0.346 e. The summed E-state index contributed by atoms with van der Waals surface area (Å²) in [5, 5.41) is 10.3. The average molecular weight is 347 g/mol. The molecule has 0 radical (unpaired) electrons. The molecule has 1 aliphatic carbocycles. The zero-order valence-electron chi connectivity index (χ0n) is 15.1. The Morgan fingerprint density at radius 3 is 2.96 bits per heavy atom. The second kappa shape index (κ2) is 7.82. The summed E-state index contributed by atoms with van der Waals surface area (Å²) in [5.74, 6) is 1.70. The molecule has 0 amide bonds. The Morgan fingerprint density at radius 1 is 1.23 bits per heavy atom. The van der Waals surface area contributed by atoms with E-state index in [1.54, 1.807) is 6.33 Å². The van der Waals surface area contributed by atoms with Crippen LogP contribution in [0.4, 0.5) is 0 Å². The molecular weight excluding hydrogens is 322 g/mol. The first-order chi connectivity index (χ1) is 12.8. The standard InChI is InChI=1S/C21H25N5/c22-8-5-17(16-3-1-2-4-16)11-15-6-9-23-13-18(12-15)20-19-7-10-24-21(19)26-14-25-20/h7,10,12-17H,1-6,9,11H2,(H,24,25,26)/t15?,17-/m0/s1. The third-order valence-electron chi connectivity index (χ3n) is 5.93. The normalized spacial score (nSPS) is 22.1. The van der Waals surface area contributed by atoms with E-state index in [1.807, 2.05) is 18.5 Å². The quantitative estimate of drug-likeness (QED) is 0.862. The van der Waals surface area contributed by atoms with Crippen molar-refractivity contribution in [2.24, 2.45) is 22.7 Å². The van der Waals surface area contributed by atoms with Gasteiger partial charge in [0.15, 0.2) is 0 Å². The Bertz CT molecular complexity index is 851. The molecule has 1 N–H and O–H groups in total. The van der Waals surface area contributed by atoms with Gasteiger partial charge in [-0.25, -0.2) is 9.97 Å². The summed E-state index contributed by atoms with van der Waals surface area (Å²) in [5.41, 5.74) is 2.89. The highest BCUT2D eigenvalue weighted by Gasteiger charge is 2.27. The van der Waals surface area contributed by atoms with E-state index in [-0.39, 0.29) is 0 Å². The highest BCUT2D eigenvalue weighted by atomic mass is 14.9. The Labute approximate surface area is 154 Å². The molecule has 2 atom stereocenters. The van der Waals surface area contributed by atoms with Crippen molar-refractivity contribution in [3.8, 4) is 6.07 Å². The summed E-state index contributed by atoms with van der Waals surface area (Å²) < 4.78 is 0. The molecule has 1 unspecified atom stereocenters. The van der Waals surface area contributed by atoms with Crippen molar-refractivity contribution in [2.45, 2.75) is 44.9 Å². The lowest BCUT2D eigenvalue weighted by Gasteiger charge is -2.24. The van der Waals surface area contributed by atoms with Gasteiger partial charge in [0.25, 0.3) is 0 Å². The molecule has 2 aromatic rings. The van der Waals surface area contributed by atoms with Gasteiger partial charge in [-0.3, -0.25) is 4.99 Å². The van der Waals surface area contributed by atoms with Crippen molar-refractivity contribution in [2.75, 3.05) is 6.54 Å². The minimum atomic E-state index is 0.454. The van der Waals surface area contributed by atoms with Crippen LogP contribution < -0.4 is 0 Å². The van der Waals surface area contributed by atoms with Crippen molar-refractivity contribution in [1.29, 1.82) is 5.26 Å². The zero-order chi connectivity index (χ0) is 17.8. The van der Waals surface area contributed by atoms with Gasteiger partial charge >= 0.3 is 0 Å². The lowest BCUT2D eigenvalue weighted by atomic mass is 9.80. The lowest BCUT2D eigenvalue weighted by Crippen LogP contribution is -2.16. The smallest absolute Gasteiger partial charge is 0.141 e. The number of H-pyrrole nitrogens is 1. The van der Waals surface area contributed by atoms with Gasteiger partial charge in [0.05, 0.1) is 11.8 Å². The van der Waals surface area contributed by atoms with Gasteiger partial charge in [0.2, 0.25) is 0 Å². The van der Waals surface area contributed by atoms with Crippen LogP contribution in [-0.2, 0) is 0 Å². The Hall–Kier alpha value is -2.48. The molecule has 4 rings (SSSR count). The average Bonchev–Trinajstić information content (AvgIpc) is 3.30. The summed E-state index contributed by atoms with van der Waals surface area (Å²) in [4.78, 5) is 16.6. The van der Waals surface area contributed by atoms with E-state index in [2.05, 4.69) is 32.1 Å². The molecule has 0 saturated heterocycles. The number of fused-ring (bicyclic) bond motifs is 1. The SMILES string of the molecule is N#CC[C@@H](CC1C=C(c2ncnc3[nH]ccc23)C=NCC1)C1CCCC1. The first kappa shape index (κ1) is 17.0. The first-order valence-corrected chi connectivity index (χ1v) is 9.72.